The zero-order chi connectivity index (χ0) is 19.1. The van der Waals surface area contributed by atoms with Crippen molar-refractivity contribution in [3.8, 4) is 0 Å². The first-order chi connectivity index (χ1) is 13.1. The molecule has 0 spiro atoms. The van der Waals surface area contributed by atoms with Gasteiger partial charge in [-0.2, -0.15) is 0 Å². The molecule has 0 radical (unpaired) electrons. The van der Waals surface area contributed by atoms with Crippen LogP contribution in [0.3, 0.4) is 0 Å². The number of carbonyl (C=O) groups is 1. The smallest absolute Gasteiger partial charge is 0.223 e. The molecule has 0 N–H and O–H groups in total. The maximum Gasteiger partial charge on any atom is 0.223 e. The van der Waals surface area contributed by atoms with Crippen molar-refractivity contribution in [2.24, 2.45) is 0 Å². The molecule has 0 aliphatic heterocycles. The predicted molar refractivity (Wildman–Crippen MR) is 109 cm³/mol. The van der Waals surface area contributed by atoms with Crippen molar-refractivity contribution in [1.82, 2.24) is 4.90 Å². The minimum atomic E-state index is 0.0975. The molecule has 0 aliphatic carbocycles. The third-order valence-electron chi connectivity index (χ3n) is 4.42. The summed E-state index contributed by atoms with van der Waals surface area (Å²) < 4.78 is 5.43. The zero-order valence-corrected chi connectivity index (χ0v) is 16.4. The van der Waals surface area contributed by atoms with Gasteiger partial charge in [-0.1, -0.05) is 59.6 Å². The van der Waals surface area contributed by atoms with Gasteiger partial charge in [0.15, 0.2) is 0 Å². The number of benzene rings is 2. The Kier molecular flexibility index (Phi) is 6.97. The molecule has 0 aliphatic rings. The van der Waals surface area contributed by atoms with Crippen LogP contribution in [0, 0.1) is 0 Å². The van der Waals surface area contributed by atoms with Gasteiger partial charge in [-0.15, -0.1) is 0 Å². The Morgan fingerprint density at radius 3 is 2.48 bits per heavy atom. The summed E-state index contributed by atoms with van der Waals surface area (Å²) in [5.41, 5.74) is 2.13. The second-order valence-corrected chi connectivity index (χ2v) is 7.21. The van der Waals surface area contributed by atoms with E-state index in [2.05, 4.69) is 0 Å². The van der Waals surface area contributed by atoms with Crippen LogP contribution in [-0.4, -0.2) is 17.4 Å². The number of furan rings is 1. The van der Waals surface area contributed by atoms with E-state index in [1.165, 1.54) is 0 Å². The Hall–Kier alpha value is -2.23. The monoisotopic (exact) mass is 401 g/mol. The molecule has 0 fully saturated rings. The summed E-state index contributed by atoms with van der Waals surface area (Å²) >= 11 is 12.2. The molecule has 1 heterocycles. The molecule has 2 aromatic carbocycles. The van der Waals surface area contributed by atoms with Crippen LogP contribution < -0.4 is 0 Å². The molecule has 0 saturated carbocycles. The average Bonchev–Trinajstić information content (AvgIpc) is 3.18. The SMILES string of the molecule is O=C(CCc1ccccc1)N(CCc1ccc(Cl)cc1Cl)Cc1ccco1. The van der Waals surface area contributed by atoms with E-state index in [0.29, 0.717) is 36.0 Å². The first-order valence-corrected chi connectivity index (χ1v) is 9.65. The largest absolute Gasteiger partial charge is 0.467 e. The van der Waals surface area contributed by atoms with Crippen molar-refractivity contribution in [2.45, 2.75) is 25.8 Å². The Bertz CT molecular complexity index is 863. The van der Waals surface area contributed by atoms with Crippen LogP contribution in [0.5, 0.6) is 0 Å². The lowest BCUT2D eigenvalue weighted by molar-refractivity contribution is -0.132. The first-order valence-electron chi connectivity index (χ1n) is 8.90. The minimum Gasteiger partial charge on any atom is -0.467 e. The molecule has 5 heteroatoms. The number of hydrogen-bond acceptors (Lipinski definition) is 2. The van der Waals surface area contributed by atoms with Gasteiger partial charge in [0.1, 0.15) is 5.76 Å². The number of amides is 1. The molecule has 1 amide bonds. The van der Waals surface area contributed by atoms with E-state index in [1.807, 2.05) is 59.5 Å². The molecule has 27 heavy (non-hydrogen) atoms. The third-order valence-corrected chi connectivity index (χ3v) is 5.00. The molecule has 0 atom stereocenters. The molecule has 3 nitrogen and oxygen atoms in total. The number of halogens is 2. The van der Waals surface area contributed by atoms with Crippen LogP contribution in [0.15, 0.2) is 71.3 Å². The van der Waals surface area contributed by atoms with E-state index in [0.717, 1.165) is 23.3 Å². The maximum absolute atomic E-state index is 12.8. The molecule has 140 valence electrons. The number of carbonyl (C=O) groups excluding carboxylic acids is 1. The fraction of sp³-hybridized carbons (Fsp3) is 0.227. The van der Waals surface area contributed by atoms with Crippen molar-refractivity contribution in [2.75, 3.05) is 6.54 Å². The minimum absolute atomic E-state index is 0.0975. The lowest BCUT2D eigenvalue weighted by Crippen LogP contribution is -2.32. The summed E-state index contributed by atoms with van der Waals surface area (Å²) in [7, 11) is 0. The van der Waals surface area contributed by atoms with E-state index in [1.54, 1.807) is 12.3 Å². The van der Waals surface area contributed by atoms with E-state index in [9.17, 15) is 4.79 Å². The Labute approximate surface area is 169 Å². The fourth-order valence-electron chi connectivity index (χ4n) is 2.92. The fourth-order valence-corrected chi connectivity index (χ4v) is 3.42. The first kappa shape index (κ1) is 19.5. The van der Waals surface area contributed by atoms with Crippen LogP contribution in [0.25, 0.3) is 0 Å². The average molecular weight is 402 g/mol. The number of nitrogens with zero attached hydrogens (tertiary/aromatic N) is 1. The number of aryl methyl sites for hydroxylation is 1. The summed E-state index contributed by atoms with van der Waals surface area (Å²) in [6.45, 7) is 1.02. The molecular formula is C22H21Cl2NO2. The van der Waals surface area contributed by atoms with Crippen molar-refractivity contribution in [3.05, 3.63) is 93.9 Å². The molecule has 3 aromatic rings. The van der Waals surface area contributed by atoms with Crippen molar-refractivity contribution < 1.29 is 9.21 Å². The van der Waals surface area contributed by atoms with Crippen molar-refractivity contribution in [3.63, 3.8) is 0 Å². The van der Waals surface area contributed by atoms with E-state index < -0.39 is 0 Å². The Morgan fingerprint density at radius 1 is 0.963 bits per heavy atom. The van der Waals surface area contributed by atoms with Crippen LogP contribution in [0.4, 0.5) is 0 Å². The molecular weight excluding hydrogens is 381 g/mol. The Morgan fingerprint density at radius 2 is 1.78 bits per heavy atom. The summed E-state index contributed by atoms with van der Waals surface area (Å²) in [5.74, 6) is 0.866. The van der Waals surface area contributed by atoms with Gasteiger partial charge in [0, 0.05) is 23.0 Å². The highest BCUT2D eigenvalue weighted by Crippen LogP contribution is 2.22. The highest BCUT2D eigenvalue weighted by molar-refractivity contribution is 6.35. The second-order valence-electron chi connectivity index (χ2n) is 6.37. The van der Waals surface area contributed by atoms with Gasteiger partial charge in [0.05, 0.1) is 12.8 Å². The van der Waals surface area contributed by atoms with Crippen molar-refractivity contribution in [1.29, 1.82) is 0 Å². The Balaban J connectivity index is 1.65. The normalized spacial score (nSPS) is 10.7. The highest BCUT2D eigenvalue weighted by atomic mass is 35.5. The van der Waals surface area contributed by atoms with E-state index in [4.69, 9.17) is 27.6 Å². The van der Waals surface area contributed by atoms with Crippen LogP contribution in [0.2, 0.25) is 10.0 Å². The molecule has 0 unspecified atom stereocenters. The van der Waals surface area contributed by atoms with Crippen molar-refractivity contribution >= 4 is 29.1 Å². The lowest BCUT2D eigenvalue weighted by atomic mass is 10.1. The van der Waals surface area contributed by atoms with Gasteiger partial charge < -0.3 is 9.32 Å². The summed E-state index contributed by atoms with van der Waals surface area (Å²) in [6.07, 6.45) is 3.46. The summed E-state index contributed by atoms with van der Waals surface area (Å²) in [5, 5.41) is 1.23. The van der Waals surface area contributed by atoms with Gasteiger partial charge in [0.25, 0.3) is 0 Å². The summed E-state index contributed by atoms with van der Waals surface area (Å²) in [4.78, 5) is 14.7. The van der Waals surface area contributed by atoms with Crippen LogP contribution >= 0.6 is 23.2 Å². The van der Waals surface area contributed by atoms with Gasteiger partial charge >= 0.3 is 0 Å². The molecule has 0 bridgehead atoms. The maximum atomic E-state index is 12.8. The van der Waals surface area contributed by atoms with Gasteiger partial charge in [-0.3, -0.25) is 4.79 Å². The predicted octanol–water partition coefficient (Wildman–Crippen LogP) is 5.79. The standard InChI is InChI=1S/C22H21Cl2NO2/c23-19-10-9-18(21(24)15-19)12-13-25(16-20-7-4-14-27-20)22(26)11-8-17-5-2-1-3-6-17/h1-7,9-10,14-15H,8,11-13,16H2. The summed E-state index contributed by atoms with van der Waals surface area (Å²) in [6, 6.07) is 19.2. The molecule has 3 rings (SSSR count). The second kappa shape index (κ2) is 9.63. The molecule has 0 saturated heterocycles. The van der Waals surface area contributed by atoms with Gasteiger partial charge in [-0.25, -0.2) is 0 Å². The zero-order valence-electron chi connectivity index (χ0n) is 14.9. The molecule has 1 aromatic heterocycles. The van der Waals surface area contributed by atoms with Gasteiger partial charge in [0.2, 0.25) is 5.91 Å². The topological polar surface area (TPSA) is 33.5 Å². The van der Waals surface area contributed by atoms with Crippen LogP contribution in [0.1, 0.15) is 23.3 Å². The highest BCUT2D eigenvalue weighted by Gasteiger charge is 2.16. The van der Waals surface area contributed by atoms with Gasteiger partial charge in [-0.05, 0) is 48.2 Å². The third kappa shape index (κ3) is 5.88. The number of hydrogen-bond donors (Lipinski definition) is 0. The van der Waals surface area contributed by atoms with E-state index >= 15 is 0 Å². The number of rotatable bonds is 8. The van der Waals surface area contributed by atoms with Crippen LogP contribution in [-0.2, 0) is 24.2 Å². The van der Waals surface area contributed by atoms with E-state index in [-0.39, 0.29) is 5.91 Å². The lowest BCUT2D eigenvalue weighted by Gasteiger charge is -2.22. The quantitative estimate of drug-likeness (QED) is 0.478.